The van der Waals surface area contributed by atoms with Crippen molar-refractivity contribution in [2.24, 2.45) is 0 Å². The van der Waals surface area contributed by atoms with Gasteiger partial charge in [-0.2, -0.15) is 0 Å². The average Bonchev–Trinajstić information content (AvgIpc) is 2.66. The van der Waals surface area contributed by atoms with Gasteiger partial charge in [-0.05, 0) is 13.0 Å². The number of hydrogen-bond donors (Lipinski definition) is 1. The summed E-state index contributed by atoms with van der Waals surface area (Å²) in [5.41, 5.74) is 0.377. The first-order chi connectivity index (χ1) is 7.19. The zero-order chi connectivity index (χ0) is 11.3. The molecule has 0 aromatic carbocycles. The Kier molecular flexibility index (Phi) is 3.91. The molecule has 0 saturated carbocycles. The number of rotatable bonds is 4. The number of carbonyl (C=O) groups is 2. The standard InChI is InChI=1S/C10H13NO4/c1-3-11-10(13)7-4-5-15-8(7)6-9(12)14-2/h4-5H,3,6H2,1-2H3,(H,11,13). The molecule has 5 nitrogen and oxygen atoms in total. The first-order valence-corrected chi connectivity index (χ1v) is 4.60. The van der Waals surface area contributed by atoms with Gasteiger partial charge in [-0.15, -0.1) is 0 Å². The van der Waals surface area contributed by atoms with Crippen LogP contribution in [0.2, 0.25) is 0 Å². The lowest BCUT2D eigenvalue weighted by Gasteiger charge is -2.01. The van der Waals surface area contributed by atoms with Gasteiger partial charge in [0.1, 0.15) is 12.2 Å². The second kappa shape index (κ2) is 5.19. The molecule has 1 aromatic rings. The van der Waals surface area contributed by atoms with Gasteiger partial charge in [0, 0.05) is 6.54 Å². The Bertz CT molecular complexity index is 356. The fraction of sp³-hybridized carbons (Fsp3) is 0.400. The molecule has 0 atom stereocenters. The minimum absolute atomic E-state index is 0.0318. The number of furan rings is 1. The highest BCUT2D eigenvalue weighted by atomic mass is 16.5. The summed E-state index contributed by atoms with van der Waals surface area (Å²) in [5, 5.41) is 2.63. The van der Waals surface area contributed by atoms with Gasteiger partial charge in [-0.1, -0.05) is 0 Å². The number of nitrogens with one attached hydrogen (secondary N) is 1. The van der Waals surface area contributed by atoms with E-state index >= 15 is 0 Å². The van der Waals surface area contributed by atoms with Crippen LogP contribution in [0.5, 0.6) is 0 Å². The maximum Gasteiger partial charge on any atom is 0.313 e. The Hall–Kier alpha value is -1.78. The van der Waals surface area contributed by atoms with E-state index in [0.29, 0.717) is 17.9 Å². The monoisotopic (exact) mass is 211 g/mol. The first kappa shape index (κ1) is 11.3. The Balaban J connectivity index is 2.77. The number of amides is 1. The van der Waals surface area contributed by atoms with Crippen molar-refractivity contribution in [2.45, 2.75) is 13.3 Å². The van der Waals surface area contributed by atoms with Crippen LogP contribution in [0.15, 0.2) is 16.7 Å². The van der Waals surface area contributed by atoms with Gasteiger partial charge in [-0.3, -0.25) is 9.59 Å². The van der Waals surface area contributed by atoms with E-state index < -0.39 is 5.97 Å². The van der Waals surface area contributed by atoms with E-state index in [0.717, 1.165) is 0 Å². The number of methoxy groups -OCH3 is 1. The molecule has 0 aliphatic rings. The maximum absolute atomic E-state index is 11.5. The van der Waals surface area contributed by atoms with Crippen molar-refractivity contribution < 1.29 is 18.7 Å². The van der Waals surface area contributed by atoms with Crippen LogP contribution >= 0.6 is 0 Å². The zero-order valence-corrected chi connectivity index (χ0v) is 8.70. The molecular weight excluding hydrogens is 198 g/mol. The largest absolute Gasteiger partial charge is 0.469 e. The normalized spacial score (nSPS) is 9.73. The molecule has 5 heteroatoms. The summed E-state index contributed by atoms with van der Waals surface area (Å²) in [7, 11) is 1.29. The van der Waals surface area contributed by atoms with E-state index in [-0.39, 0.29) is 12.3 Å². The molecule has 0 unspecified atom stereocenters. The van der Waals surface area contributed by atoms with Crippen molar-refractivity contribution in [3.05, 3.63) is 23.7 Å². The van der Waals surface area contributed by atoms with E-state index in [1.165, 1.54) is 19.4 Å². The summed E-state index contributed by atoms with van der Waals surface area (Å²) in [6, 6.07) is 1.53. The molecule has 0 saturated heterocycles. The van der Waals surface area contributed by atoms with Crippen molar-refractivity contribution >= 4 is 11.9 Å². The molecule has 1 rings (SSSR count). The molecule has 1 N–H and O–H groups in total. The predicted molar refractivity (Wildman–Crippen MR) is 52.4 cm³/mol. The number of esters is 1. The van der Waals surface area contributed by atoms with Crippen molar-refractivity contribution in [3.8, 4) is 0 Å². The molecule has 0 aliphatic carbocycles. The molecule has 0 fully saturated rings. The van der Waals surface area contributed by atoms with Crippen molar-refractivity contribution in [1.82, 2.24) is 5.32 Å². The highest BCUT2D eigenvalue weighted by Crippen LogP contribution is 2.11. The molecule has 1 amide bonds. The van der Waals surface area contributed by atoms with Gasteiger partial charge in [0.15, 0.2) is 0 Å². The summed E-state index contributed by atoms with van der Waals surface area (Å²) < 4.78 is 9.53. The topological polar surface area (TPSA) is 68.5 Å². The number of hydrogen-bond acceptors (Lipinski definition) is 4. The van der Waals surface area contributed by atoms with Crippen LogP contribution in [-0.4, -0.2) is 25.5 Å². The number of ether oxygens (including phenoxy) is 1. The quantitative estimate of drug-likeness (QED) is 0.746. The fourth-order valence-electron chi connectivity index (χ4n) is 1.14. The third kappa shape index (κ3) is 2.83. The smallest absolute Gasteiger partial charge is 0.313 e. The third-order valence-corrected chi connectivity index (χ3v) is 1.86. The lowest BCUT2D eigenvalue weighted by Crippen LogP contribution is -2.23. The van der Waals surface area contributed by atoms with Crippen LogP contribution in [0.4, 0.5) is 0 Å². The van der Waals surface area contributed by atoms with Crippen LogP contribution < -0.4 is 5.32 Å². The van der Waals surface area contributed by atoms with Gasteiger partial charge in [0.05, 0.1) is 18.9 Å². The van der Waals surface area contributed by atoms with Gasteiger partial charge < -0.3 is 14.5 Å². The third-order valence-electron chi connectivity index (χ3n) is 1.86. The predicted octanol–water partition coefficient (Wildman–Crippen LogP) is 0.745. The summed E-state index contributed by atoms with van der Waals surface area (Å²) >= 11 is 0. The van der Waals surface area contributed by atoms with Crippen LogP contribution in [-0.2, 0) is 16.0 Å². The minimum atomic E-state index is -0.435. The van der Waals surface area contributed by atoms with Crippen molar-refractivity contribution in [1.29, 1.82) is 0 Å². The second-order valence-electron chi connectivity index (χ2n) is 2.87. The van der Waals surface area contributed by atoms with Gasteiger partial charge in [0.25, 0.3) is 5.91 Å². The second-order valence-corrected chi connectivity index (χ2v) is 2.87. The molecule has 1 heterocycles. The Morgan fingerprint density at radius 3 is 2.87 bits per heavy atom. The average molecular weight is 211 g/mol. The minimum Gasteiger partial charge on any atom is -0.469 e. The maximum atomic E-state index is 11.5. The lowest BCUT2D eigenvalue weighted by atomic mass is 10.2. The zero-order valence-electron chi connectivity index (χ0n) is 8.70. The molecule has 15 heavy (non-hydrogen) atoms. The van der Waals surface area contributed by atoms with Gasteiger partial charge >= 0.3 is 5.97 Å². The number of carbonyl (C=O) groups excluding carboxylic acids is 2. The summed E-state index contributed by atoms with van der Waals surface area (Å²) in [6.07, 6.45) is 1.35. The summed E-state index contributed by atoms with van der Waals surface area (Å²) in [5.74, 6) is -0.353. The van der Waals surface area contributed by atoms with Crippen LogP contribution in [0.25, 0.3) is 0 Å². The highest BCUT2D eigenvalue weighted by molar-refractivity contribution is 5.96. The molecule has 0 aliphatic heterocycles. The first-order valence-electron chi connectivity index (χ1n) is 4.60. The molecular formula is C10H13NO4. The SMILES string of the molecule is CCNC(=O)c1ccoc1CC(=O)OC. The Morgan fingerprint density at radius 1 is 1.53 bits per heavy atom. The highest BCUT2D eigenvalue weighted by Gasteiger charge is 2.16. The molecule has 82 valence electrons. The summed E-state index contributed by atoms with van der Waals surface area (Å²) in [4.78, 5) is 22.5. The Morgan fingerprint density at radius 2 is 2.27 bits per heavy atom. The molecule has 0 spiro atoms. The molecule has 0 radical (unpaired) electrons. The lowest BCUT2D eigenvalue weighted by molar-refractivity contribution is -0.140. The Labute approximate surface area is 87.4 Å². The van der Waals surface area contributed by atoms with E-state index in [2.05, 4.69) is 10.1 Å². The van der Waals surface area contributed by atoms with Crippen molar-refractivity contribution in [2.75, 3.05) is 13.7 Å². The van der Waals surface area contributed by atoms with Gasteiger partial charge in [-0.25, -0.2) is 0 Å². The summed E-state index contributed by atoms with van der Waals surface area (Å²) in [6.45, 7) is 2.35. The van der Waals surface area contributed by atoms with Crippen LogP contribution in [0.3, 0.4) is 0 Å². The fourth-order valence-corrected chi connectivity index (χ4v) is 1.14. The van der Waals surface area contributed by atoms with Gasteiger partial charge in [0.2, 0.25) is 0 Å². The van der Waals surface area contributed by atoms with E-state index in [4.69, 9.17) is 4.42 Å². The van der Waals surface area contributed by atoms with E-state index in [1.54, 1.807) is 0 Å². The van der Waals surface area contributed by atoms with Crippen LogP contribution in [0, 0.1) is 0 Å². The van der Waals surface area contributed by atoms with E-state index in [1.807, 2.05) is 6.92 Å². The van der Waals surface area contributed by atoms with Crippen molar-refractivity contribution in [3.63, 3.8) is 0 Å². The molecule has 1 aromatic heterocycles. The molecule has 0 bridgehead atoms. The van der Waals surface area contributed by atoms with Crippen LogP contribution in [0.1, 0.15) is 23.0 Å². The van der Waals surface area contributed by atoms with E-state index in [9.17, 15) is 9.59 Å².